The van der Waals surface area contributed by atoms with E-state index in [0.717, 1.165) is 11.1 Å². The highest BCUT2D eigenvalue weighted by molar-refractivity contribution is 5.94. The van der Waals surface area contributed by atoms with E-state index in [-0.39, 0.29) is 29.9 Å². The molecule has 1 amide bonds. The van der Waals surface area contributed by atoms with Gasteiger partial charge in [0.15, 0.2) is 0 Å². The van der Waals surface area contributed by atoms with E-state index in [1.807, 2.05) is 0 Å². The number of rotatable bonds is 2. The van der Waals surface area contributed by atoms with Gasteiger partial charge >= 0.3 is 0 Å². The highest BCUT2D eigenvalue weighted by atomic mass is 19.1. The molecule has 0 radical (unpaired) electrons. The van der Waals surface area contributed by atoms with E-state index >= 15 is 0 Å². The second-order valence-corrected chi connectivity index (χ2v) is 5.70. The van der Waals surface area contributed by atoms with Crippen molar-refractivity contribution in [3.63, 3.8) is 0 Å². The number of nitrogens with zero attached hydrogens (tertiary/aromatic N) is 2. The first-order chi connectivity index (χ1) is 11.6. The molecule has 3 aromatic rings. The third-order valence-corrected chi connectivity index (χ3v) is 4.14. The maximum Gasteiger partial charge on any atom is 0.226 e. The zero-order valence-electron chi connectivity index (χ0n) is 12.5. The minimum Gasteiger partial charge on any atom is -0.310 e. The third-order valence-electron chi connectivity index (χ3n) is 4.14. The molecule has 1 aromatic heterocycles. The van der Waals surface area contributed by atoms with Crippen LogP contribution in [0.15, 0.2) is 54.7 Å². The van der Waals surface area contributed by atoms with Gasteiger partial charge in [-0.25, -0.2) is 13.5 Å². The van der Waals surface area contributed by atoms with E-state index in [1.54, 1.807) is 35.1 Å². The Morgan fingerprint density at radius 1 is 1.08 bits per heavy atom. The molecule has 4 nitrogen and oxygen atoms in total. The number of aromatic nitrogens is 2. The predicted octanol–water partition coefficient (Wildman–Crippen LogP) is 3.62. The van der Waals surface area contributed by atoms with Gasteiger partial charge < -0.3 is 5.32 Å². The molecule has 0 bridgehead atoms. The first kappa shape index (κ1) is 14.6. The molecular weight excluding hydrogens is 312 g/mol. The number of benzene rings is 2. The molecule has 0 aliphatic carbocycles. The largest absolute Gasteiger partial charge is 0.310 e. The summed E-state index contributed by atoms with van der Waals surface area (Å²) in [6.45, 7) is 0. The molecule has 4 rings (SSSR count). The second kappa shape index (κ2) is 5.56. The molecule has 24 heavy (non-hydrogen) atoms. The lowest BCUT2D eigenvalue weighted by Crippen LogP contribution is -2.24. The molecule has 1 atom stereocenters. The topological polar surface area (TPSA) is 46.9 Å². The maximum atomic E-state index is 13.5. The number of amides is 1. The van der Waals surface area contributed by atoms with Gasteiger partial charge in [0.1, 0.15) is 17.5 Å². The lowest BCUT2D eigenvalue weighted by atomic mass is 9.87. The summed E-state index contributed by atoms with van der Waals surface area (Å²) in [7, 11) is 0. The van der Waals surface area contributed by atoms with Crippen LogP contribution in [0.5, 0.6) is 0 Å². The normalized spacial score (nSPS) is 16.6. The molecule has 2 aromatic carbocycles. The zero-order chi connectivity index (χ0) is 16.7. The van der Waals surface area contributed by atoms with Crippen molar-refractivity contribution in [1.82, 2.24) is 9.78 Å². The first-order valence-electron chi connectivity index (χ1n) is 7.51. The molecule has 120 valence electrons. The van der Waals surface area contributed by atoms with Crippen LogP contribution >= 0.6 is 0 Å². The van der Waals surface area contributed by atoms with Gasteiger partial charge in [0.05, 0.1) is 11.9 Å². The molecule has 0 unspecified atom stereocenters. The van der Waals surface area contributed by atoms with Crippen LogP contribution in [0, 0.1) is 11.6 Å². The van der Waals surface area contributed by atoms with E-state index in [2.05, 4.69) is 10.4 Å². The van der Waals surface area contributed by atoms with Crippen molar-refractivity contribution < 1.29 is 13.6 Å². The Morgan fingerprint density at radius 2 is 1.88 bits per heavy atom. The Kier molecular flexibility index (Phi) is 3.37. The van der Waals surface area contributed by atoms with Crippen LogP contribution < -0.4 is 5.32 Å². The quantitative estimate of drug-likeness (QED) is 0.782. The van der Waals surface area contributed by atoms with Crippen molar-refractivity contribution in [1.29, 1.82) is 0 Å². The van der Waals surface area contributed by atoms with Crippen molar-refractivity contribution in [3.05, 3.63) is 77.5 Å². The molecule has 0 saturated carbocycles. The number of hydrogen-bond donors (Lipinski definition) is 1. The predicted molar refractivity (Wildman–Crippen MR) is 85.0 cm³/mol. The van der Waals surface area contributed by atoms with Crippen LogP contribution in [0.1, 0.15) is 23.5 Å². The lowest BCUT2D eigenvalue weighted by Gasteiger charge is -2.23. The zero-order valence-corrected chi connectivity index (χ0v) is 12.5. The molecular formula is C18H13F2N3O. The van der Waals surface area contributed by atoms with E-state index in [9.17, 15) is 13.6 Å². The molecule has 2 heterocycles. The minimum atomic E-state index is -0.346. The monoisotopic (exact) mass is 325 g/mol. The van der Waals surface area contributed by atoms with Crippen LogP contribution in [0.2, 0.25) is 0 Å². The molecule has 6 heteroatoms. The average Bonchev–Trinajstić information content (AvgIpc) is 2.98. The summed E-state index contributed by atoms with van der Waals surface area (Å²) < 4.78 is 28.2. The number of nitrogens with one attached hydrogen (secondary N) is 1. The SMILES string of the molecule is O=C1C[C@H](c2cccc(F)c2)c2cnn(-c3ccc(F)cc3)c2N1. The summed E-state index contributed by atoms with van der Waals surface area (Å²) in [5, 5.41) is 7.13. The van der Waals surface area contributed by atoms with Gasteiger partial charge in [-0.1, -0.05) is 12.1 Å². The van der Waals surface area contributed by atoms with E-state index in [0.29, 0.717) is 11.5 Å². The Bertz CT molecular complexity index is 918. The van der Waals surface area contributed by atoms with Crippen LogP contribution in [0.3, 0.4) is 0 Å². The van der Waals surface area contributed by atoms with Gasteiger partial charge in [-0.2, -0.15) is 5.10 Å². The van der Waals surface area contributed by atoms with Crippen LogP contribution in [0.4, 0.5) is 14.6 Å². The molecule has 1 aliphatic heterocycles. The fourth-order valence-corrected chi connectivity index (χ4v) is 3.02. The second-order valence-electron chi connectivity index (χ2n) is 5.70. The molecule has 0 saturated heterocycles. The van der Waals surface area contributed by atoms with Crippen LogP contribution in [0.25, 0.3) is 5.69 Å². The van der Waals surface area contributed by atoms with Crippen molar-refractivity contribution in [2.75, 3.05) is 5.32 Å². The molecule has 1 N–H and O–H groups in total. The van der Waals surface area contributed by atoms with Crippen LogP contribution in [-0.2, 0) is 4.79 Å². The Morgan fingerprint density at radius 3 is 2.62 bits per heavy atom. The Labute approximate surface area is 136 Å². The van der Waals surface area contributed by atoms with Crippen molar-refractivity contribution in [2.24, 2.45) is 0 Å². The third kappa shape index (κ3) is 2.46. The number of carbonyl (C=O) groups excluding carboxylic acids is 1. The van der Waals surface area contributed by atoms with E-state index in [4.69, 9.17) is 0 Å². The molecule has 0 spiro atoms. The standard InChI is InChI=1S/C18H13F2N3O/c19-12-4-6-14(7-5-12)23-18-16(10-21-23)15(9-17(24)22-18)11-2-1-3-13(20)8-11/h1-8,10,15H,9H2,(H,22,24)/t15-/m1/s1. The summed E-state index contributed by atoms with van der Waals surface area (Å²) in [5.41, 5.74) is 2.17. The fourth-order valence-electron chi connectivity index (χ4n) is 3.02. The van der Waals surface area contributed by atoms with Gasteiger partial charge in [0, 0.05) is 17.9 Å². The Balaban J connectivity index is 1.81. The Hall–Kier alpha value is -3.02. The van der Waals surface area contributed by atoms with Gasteiger partial charge in [0.2, 0.25) is 5.91 Å². The van der Waals surface area contributed by atoms with Gasteiger partial charge in [0.25, 0.3) is 0 Å². The summed E-state index contributed by atoms with van der Waals surface area (Å²) in [4.78, 5) is 12.1. The number of halogens is 2. The highest BCUT2D eigenvalue weighted by Gasteiger charge is 2.30. The minimum absolute atomic E-state index is 0.166. The summed E-state index contributed by atoms with van der Waals surface area (Å²) >= 11 is 0. The molecule has 0 fully saturated rings. The number of carbonyl (C=O) groups is 1. The van der Waals surface area contributed by atoms with E-state index < -0.39 is 0 Å². The maximum absolute atomic E-state index is 13.5. The van der Waals surface area contributed by atoms with Crippen molar-refractivity contribution in [3.8, 4) is 5.69 Å². The summed E-state index contributed by atoms with van der Waals surface area (Å²) in [5.74, 6) is -0.584. The van der Waals surface area contributed by atoms with Gasteiger partial charge in [-0.3, -0.25) is 4.79 Å². The van der Waals surface area contributed by atoms with Gasteiger partial charge in [-0.05, 0) is 42.0 Å². The summed E-state index contributed by atoms with van der Waals surface area (Å²) in [6.07, 6.45) is 1.89. The van der Waals surface area contributed by atoms with Crippen molar-refractivity contribution >= 4 is 11.7 Å². The fraction of sp³-hybridized carbons (Fsp3) is 0.111. The highest BCUT2D eigenvalue weighted by Crippen LogP contribution is 2.38. The number of hydrogen-bond acceptors (Lipinski definition) is 2. The smallest absolute Gasteiger partial charge is 0.226 e. The van der Waals surface area contributed by atoms with Crippen molar-refractivity contribution in [2.45, 2.75) is 12.3 Å². The average molecular weight is 325 g/mol. The summed E-state index contributed by atoms with van der Waals surface area (Å²) in [6, 6.07) is 12.1. The van der Waals surface area contributed by atoms with Crippen LogP contribution in [-0.4, -0.2) is 15.7 Å². The van der Waals surface area contributed by atoms with Gasteiger partial charge in [-0.15, -0.1) is 0 Å². The van der Waals surface area contributed by atoms with E-state index in [1.165, 1.54) is 24.3 Å². The molecule has 1 aliphatic rings. The lowest BCUT2D eigenvalue weighted by molar-refractivity contribution is -0.116. The number of anilines is 1. The number of fused-ring (bicyclic) bond motifs is 1. The first-order valence-corrected chi connectivity index (χ1v) is 7.51.